The maximum Gasteiger partial charge on any atom is 0.330 e. The number of carbonyl (C=O) groups is 2. The lowest BCUT2D eigenvalue weighted by atomic mass is 10.00. The number of nitrogens with one attached hydrogen (secondary N) is 2. The molecule has 0 saturated carbocycles. The predicted octanol–water partition coefficient (Wildman–Crippen LogP) is 1.85. The second-order valence-electron chi connectivity index (χ2n) is 5.43. The first-order valence-corrected chi connectivity index (χ1v) is 7.47. The topological polar surface area (TPSA) is 78.4 Å². The largest absolute Gasteiger partial charge is 0.479 e. The molecule has 1 aromatic rings. The summed E-state index contributed by atoms with van der Waals surface area (Å²) in [7, 11) is 0. The van der Waals surface area contributed by atoms with Crippen LogP contribution in [-0.2, 0) is 9.59 Å². The third kappa shape index (κ3) is 4.86. The van der Waals surface area contributed by atoms with Gasteiger partial charge in [-0.1, -0.05) is 36.8 Å². The van der Waals surface area contributed by atoms with Gasteiger partial charge in [0.05, 0.1) is 0 Å². The molecule has 1 aliphatic heterocycles. The van der Waals surface area contributed by atoms with Gasteiger partial charge in [0.2, 0.25) is 5.91 Å². The van der Waals surface area contributed by atoms with Crippen LogP contribution in [0.1, 0.15) is 43.7 Å². The Hall–Kier alpha value is -1.88. The van der Waals surface area contributed by atoms with Crippen molar-refractivity contribution in [3.63, 3.8) is 0 Å². The van der Waals surface area contributed by atoms with Crippen molar-refractivity contribution < 1.29 is 14.7 Å². The van der Waals surface area contributed by atoms with E-state index < -0.39 is 12.0 Å². The number of benzene rings is 1. The van der Waals surface area contributed by atoms with Crippen LogP contribution in [0.4, 0.5) is 0 Å². The van der Waals surface area contributed by atoms with Crippen LogP contribution in [0.2, 0.25) is 0 Å². The number of rotatable bonds is 6. The second-order valence-corrected chi connectivity index (χ2v) is 5.43. The molecule has 0 radical (unpaired) electrons. The molecule has 1 unspecified atom stereocenters. The maximum atomic E-state index is 12.0. The van der Waals surface area contributed by atoms with Crippen molar-refractivity contribution in [2.45, 2.75) is 44.2 Å². The Labute approximate surface area is 124 Å². The van der Waals surface area contributed by atoms with Crippen molar-refractivity contribution in [2.24, 2.45) is 0 Å². The molecule has 2 rings (SSSR count). The standard InChI is InChI=1S/C16H22N2O3/c19-14(10-9-13-8-4-5-11-17-13)18-15(16(20)21)12-6-2-1-3-7-12/h1-3,6-7,13,15,17H,4-5,8-11H2,(H,18,19)(H,20,21)/t13?,15-/m0/s1. The number of carboxylic acid groups (broad SMARTS) is 1. The quantitative estimate of drug-likeness (QED) is 0.747. The molecule has 1 saturated heterocycles. The minimum absolute atomic E-state index is 0.210. The number of aliphatic carboxylic acids is 1. The summed E-state index contributed by atoms with van der Waals surface area (Å²) in [6, 6.07) is 8.18. The summed E-state index contributed by atoms with van der Waals surface area (Å²) in [4.78, 5) is 23.3. The minimum atomic E-state index is -1.04. The van der Waals surface area contributed by atoms with Crippen molar-refractivity contribution in [3.05, 3.63) is 35.9 Å². The van der Waals surface area contributed by atoms with Gasteiger partial charge in [-0.25, -0.2) is 4.79 Å². The second kappa shape index (κ2) is 7.78. The molecule has 1 amide bonds. The Morgan fingerprint density at radius 2 is 2.05 bits per heavy atom. The third-order valence-electron chi connectivity index (χ3n) is 3.82. The first-order chi connectivity index (χ1) is 10.2. The predicted molar refractivity (Wildman–Crippen MR) is 79.8 cm³/mol. The van der Waals surface area contributed by atoms with Crippen LogP contribution in [0.15, 0.2) is 30.3 Å². The number of hydrogen-bond donors (Lipinski definition) is 3. The average Bonchev–Trinajstić information content (AvgIpc) is 2.52. The van der Waals surface area contributed by atoms with Crippen molar-refractivity contribution in [3.8, 4) is 0 Å². The maximum absolute atomic E-state index is 12.0. The fraction of sp³-hybridized carbons (Fsp3) is 0.500. The number of carbonyl (C=O) groups excluding carboxylic acids is 1. The molecule has 3 N–H and O–H groups in total. The highest BCUT2D eigenvalue weighted by molar-refractivity contribution is 5.84. The molecule has 0 bridgehead atoms. The van der Waals surface area contributed by atoms with E-state index in [0.29, 0.717) is 18.0 Å². The van der Waals surface area contributed by atoms with Crippen LogP contribution in [0.25, 0.3) is 0 Å². The molecule has 5 heteroatoms. The van der Waals surface area contributed by atoms with Crippen LogP contribution in [0, 0.1) is 0 Å². The van der Waals surface area contributed by atoms with E-state index in [0.717, 1.165) is 19.4 Å². The summed E-state index contributed by atoms with van der Waals surface area (Å²) < 4.78 is 0. The third-order valence-corrected chi connectivity index (χ3v) is 3.82. The zero-order valence-corrected chi connectivity index (χ0v) is 12.0. The lowest BCUT2D eigenvalue weighted by Crippen LogP contribution is -2.37. The zero-order valence-electron chi connectivity index (χ0n) is 12.0. The van der Waals surface area contributed by atoms with Crippen LogP contribution < -0.4 is 10.6 Å². The summed E-state index contributed by atoms with van der Waals surface area (Å²) in [6.45, 7) is 1.01. The molecular weight excluding hydrogens is 268 g/mol. The Morgan fingerprint density at radius 1 is 1.29 bits per heavy atom. The van der Waals surface area contributed by atoms with Crippen molar-refractivity contribution in [1.29, 1.82) is 0 Å². The molecular formula is C16H22N2O3. The van der Waals surface area contributed by atoms with Gasteiger partial charge in [-0.2, -0.15) is 0 Å². The Kier molecular flexibility index (Phi) is 5.75. The van der Waals surface area contributed by atoms with Gasteiger partial charge in [0.15, 0.2) is 6.04 Å². The Morgan fingerprint density at radius 3 is 2.67 bits per heavy atom. The van der Waals surface area contributed by atoms with E-state index in [1.54, 1.807) is 24.3 Å². The fourth-order valence-electron chi connectivity index (χ4n) is 2.64. The summed E-state index contributed by atoms with van der Waals surface area (Å²) in [5.74, 6) is -1.25. The van der Waals surface area contributed by atoms with Gasteiger partial charge < -0.3 is 15.7 Å². The van der Waals surface area contributed by atoms with Crippen molar-refractivity contribution in [2.75, 3.05) is 6.54 Å². The molecule has 2 atom stereocenters. The summed E-state index contributed by atoms with van der Waals surface area (Å²) in [5.41, 5.74) is 0.592. The molecule has 1 fully saturated rings. The molecule has 1 aromatic carbocycles. The minimum Gasteiger partial charge on any atom is -0.479 e. The number of carboxylic acids is 1. The first kappa shape index (κ1) is 15.5. The van der Waals surface area contributed by atoms with E-state index in [2.05, 4.69) is 10.6 Å². The molecule has 21 heavy (non-hydrogen) atoms. The lowest BCUT2D eigenvalue weighted by molar-refractivity contribution is -0.142. The SMILES string of the molecule is O=C(CCC1CCCCN1)N[C@H](C(=O)O)c1ccccc1. The van der Waals surface area contributed by atoms with Gasteiger partial charge >= 0.3 is 5.97 Å². The summed E-state index contributed by atoms with van der Waals surface area (Å²) in [6.07, 6.45) is 4.59. The lowest BCUT2D eigenvalue weighted by Gasteiger charge is -2.23. The highest BCUT2D eigenvalue weighted by Gasteiger charge is 2.22. The van der Waals surface area contributed by atoms with Crippen LogP contribution in [0.3, 0.4) is 0 Å². The van der Waals surface area contributed by atoms with Gasteiger partial charge in [0.1, 0.15) is 0 Å². The van der Waals surface area contributed by atoms with E-state index in [-0.39, 0.29) is 5.91 Å². The van der Waals surface area contributed by atoms with Gasteiger partial charge in [0.25, 0.3) is 0 Å². The molecule has 1 aliphatic rings. The van der Waals surface area contributed by atoms with Gasteiger partial charge in [0, 0.05) is 12.5 Å². The average molecular weight is 290 g/mol. The zero-order chi connectivity index (χ0) is 15.1. The van der Waals surface area contributed by atoms with E-state index in [9.17, 15) is 14.7 Å². The van der Waals surface area contributed by atoms with Gasteiger partial charge in [-0.3, -0.25) is 4.79 Å². The first-order valence-electron chi connectivity index (χ1n) is 7.47. The van der Waals surface area contributed by atoms with Crippen molar-refractivity contribution >= 4 is 11.9 Å². The summed E-state index contributed by atoms with van der Waals surface area (Å²) >= 11 is 0. The Balaban J connectivity index is 1.85. The van der Waals surface area contributed by atoms with Crippen LogP contribution in [0.5, 0.6) is 0 Å². The van der Waals surface area contributed by atoms with Crippen LogP contribution in [-0.4, -0.2) is 29.6 Å². The normalized spacial score (nSPS) is 19.7. The molecule has 114 valence electrons. The number of hydrogen-bond acceptors (Lipinski definition) is 3. The number of piperidine rings is 1. The highest BCUT2D eigenvalue weighted by atomic mass is 16.4. The molecule has 0 aromatic heterocycles. The van der Waals surface area contributed by atoms with Crippen molar-refractivity contribution in [1.82, 2.24) is 10.6 Å². The van der Waals surface area contributed by atoms with Gasteiger partial charge in [-0.05, 0) is 31.4 Å². The van der Waals surface area contributed by atoms with E-state index in [1.807, 2.05) is 6.07 Å². The van der Waals surface area contributed by atoms with E-state index in [1.165, 1.54) is 12.8 Å². The molecule has 0 spiro atoms. The molecule has 0 aliphatic carbocycles. The van der Waals surface area contributed by atoms with E-state index >= 15 is 0 Å². The smallest absolute Gasteiger partial charge is 0.330 e. The monoisotopic (exact) mass is 290 g/mol. The molecule has 5 nitrogen and oxygen atoms in total. The fourth-order valence-corrected chi connectivity index (χ4v) is 2.64. The Bertz CT molecular complexity index is 470. The van der Waals surface area contributed by atoms with E-state index in [4.69, 9.17) is 0 Å². The van der Waals surface area contributed by atoms with Gasteiger partial charge in [-0.15, -0.1) is 0 Å². The highest BCUT2D eigenvalue weighted by Crippen LogP contribution is 2.15. The number of amides is 1. The van der Waals surface area contributed by atoms with Crippen LogP contribution >= 0.6 is 0 Å². The molecule has 1 heterocycles. The summed E-state index contributed by atoms with van der Waals surface area (Å²) in [5, 5.41) is 15.3.